The topological polar surface area (TPSA) is 68.0 Å². The minimum atomic E-state index is -0.691. The van der Waals surface area contributed by atoms with Gasteiger partial charge in [-0.05, 0) is 30.3 Å². The molecule has 1 amide bonds. The monoisotopic (exact) mass is 283 g/mol. The third-order valence-corrected chi connectivity index (χ3v) is 2.85. The Bertz CT molecular complexity index is 755. The van der Waals surface area contributed by atoms with E-state index in [1.807, 2.05) is 0 Å². The molecule has 0 bridgehead atoms. The molecule has 0 aliphatic heterocycles. The molecule has 0 fully saturated rings. The van der Waals surface area contributed by atoms with Crippen molar-refractivity contribution in [2.75, 3.05) is 5.32 Å². The molecule has 2 heterocycles. The van der Waals surface area contributed by atoms with Crippen LogP contribution in [0.15, 0.2) is 59.6 Å². The molecule has 3 aromatic rings. The SMILES string of the molecule is O=C(Nc1ccc(-c2cnco2)cc1)c1ccnc(F)c1. The zero-order chi connectivity index (χ0) is 14.7. The van der Waals surface area contributed by atoms with Gasteiger partial charge in [0, 0.05) is 29.1 Å². The van der Waals surface area contributed by atoms with Gasteiger partial charge in [-0.2, -0.15) is 4.39 Å². The number of nitrogens with one attached hydrogen (secondary N) is 1. The zero-order valence-corrected chi connectivity index (χ0v) is 10.8. The van der Waals surface area contributed by atoms with Gasteiger partial charge in [0.05, 0.1) is 6.20 Å². The highest BCUT2D eigenvalue weighted by Crippen LogP contribution is 2.21. The maximum atomic E-state index is 13.0. The van der Waals surface area contributed by atoms with Crippen molar-refractivity contribution in [3.63, 3.8) is 0 Å². The van der Waals surface area contributed by atoms with Gasteiger partial charge in [0.15, 0.2) is 12.2 Å². The summed E-state index contributed by atoms with van der Waals surface area (Å²) < 4.78 is 18.1. The lowest BCUT2D eigenvalue weighted by Crippen LogP contribution is -2.12. The summed E-state index contributed by atoms with van der Waals surface area (Å²) in [5.41, 5.74) is 1.66. The van der Waals surface area contributed by atoms with Gasteiger partial charge in [-0.25, -0.2) is 9.97 Å². The van der Waals surface area contributed by atoms with Crippen LogP contribution in [0, 0.1) is 5.95 Å². The quantitative estimate of drug-likeness (QED) is 0.750. The Labute approximate surface area is 119 Å². The highest BCUT2D eigenvalue weighted by molar-refractivity contribution is 6.04. The normalized spacial score (nSPS) is 10.3. The van der Waals surface area contributed by atoms with Gasteiger partial charge in [0.1, 0.15) is 0 Å². The van der Waals surface area contributed by atoms with Crippen LogP contribution in [0.25, 0.3) is 11.3 Å². The van der Waals surface area contributed by atoms with E-state index in [0.29, 0.717) is 11.4 Å². The third-order valence-electron chi connectivity index (χ3n) is 2.85. The number of carbonyl (C=O) groups excluding carboxylic acids is 1. The van der Waals surface area contributed by atoms with E-state index in [2.05, 4.69) is 15.3 Å². The van der Waals surface area contributed by atoms with Crippen LogP contribution in [0.4, 0.5) is 10.1 Å². The van der Waals surface area contributed by atoms with E-state index < -0.39 is 11.9 Å². The third kappa shape index (κ3) is 2.94. The number of benzene rings is 1. The first-order valence-electron chi connectivity index (χ1n) is 6.14. The summed E-state index contributed by atoms with van der Waals surface area (Å²) in [5.74, 6) is -0.448. The first-order valence-corrected chi connectivity index (χ1v) is 6.14. The average molecular weight is 283 g/mol. The highest BCUT2D eigenvalue weighted by atomic mass is 19.1. The van der Waals surface area contributed by atoms with Gasteiger partial charge in [0.2, 0.25) is 5.95 Å². The molecule has 0 radical (unpaired) electrons. The lowest BCUT2D eigenvalue weighted by Gasteiger charge is -2.05. The second-order valence-corrected chi connectivity index (χ2v) is 4.26. The van der Waals surface area contributed by atoms with Crippen molar-refractivity contribution in [2.24, 2.45) is 0 Å². The van der Waals surface area contributed by atoms with Crippen molar-refractivity contribution < 1.29 is 13.6 Å². The standard InChI is InChI=1S/C15H10FN3O2/c16-14-7-11(5-6-18-14)15(20)19-12-3-1-10(2-4-12)13-8-17-9-21-13/h1-9H,(H,19,20). The predicted octanol–water partition coefficient (Wildman–Crippen LogP) is 3.13. The van der Waals surface area contributed by atoms with Crippen molar-refractivity contribution >= 4 is 11.6 Å². The van der Waals surface area contributed by atoms with E-state index in [4.69, 9.17) is 4.42 Å². The fourth-order valence-electron chi connectivity index (χ4n) is 1.82. The summed E-state index contributed by atoms with van der Waals surface area (Å²) >= 11 is 0. The second kappa shape index (κ2) is 5.54. The second-order valence-electron chi connectivity index (χ2n) is 4.26. The first kappa shape index (κ1) is 13.0. The van der Waals surface area contributed by atoms with Crippen LogP contribution in [0.1, 0.15) is 10.4 Å². The van der Waals surface area contributed by atoms with E-state index in [9.17, 15) is 9.18 Å². The molecular weight excluding hydrogens is 273 g/mol. The maximum Gasteiger partial charge on any atom is 0.255 e. The molecule has 1 aromatic carbocycles. The van der Waals surface area contributed by atoms with E-state index in [1.54, 1.807) is 30.5 Å². The summed E-state index contributed by atoms with van der Waals surface area (Å²) in [4.78, 5) is 19.2. The Morgan fingerprint density at radius 3 is 2.67 bits per heavy atom. The number of pyridine rings is 1. The fraction of sp³-hybridized carbons (Fsp3) is 0. The number of oxazole rings is 1. The molecule has 0 spiro atoms. The molecular formula is C15H10FN3O2. The Hall–Kier alpha value is -3.02. The van der Waals surface area contributed by atoms with Gasteiger partial charge < -0.3 is 9.73 Å². The van der Waals surface area contributed by atoms with Gasteiger partial charge >= 0.3 is 0 Å². The molecule has 6 heteroatoms. The number of aromatic nitrogens is 2. The van der Waals surface area contributed by atoms with Crippen molar-refractivity contribution in [2.45, 2.75) is 0 Å². The zero-order valence-electron chi connectivity index (χ0n) is 10.8. The smallest absolute Gasteiger partial charge is 0.255 e. The van der Waals surface area contributed by atoms with Crippen LogP contribution in [0.5, 0.6) is 0 Å². The number of carbonyl (C=O) groups is 1. The molecule has 0 unspecified atom stereocenters. The minimum Gasteiger partial charge on any atom is -0.444 e. The van der Waals surface area contributed by atoms with Crippen LogP contribution >= 0.6 is 0 Å². The molecule has 104 valence electrons. The Morgan fingerprint density at radius 1 is 1.19 bits per heavy atom. The van der Waals surface area contributed by atoms with Gasteiger partial charge in [0.25, 0.3) is 5.91 Å². The molecule has 1 N–H and O–H groups in total. The molecule has 2 aromatic heterocycles. The molecule has 3 rings (SSSR count). The first-order chi connectivity index (χ1) is 10.2. The van der Waals surface area contributed by atoms with E-state index in [-0.39, 0.29) is 5.56 Å². The lowest BCUT2D eigenvalue weighted by atomic mass is 10.1. The number of halogens is 1. The Balaban J connectivity index is 1.75. The summed E-state index contributed by atoms with van der Waals surface area (Å²) in [6.45, 7) is 0. The van der Waals surface area contributed by atoms with Crippen molar-refractivity contribution in [1.82, 2.24) is 9.97 Å². The molecule has 5 nitrogen and oxygen atoms in total. The molecule has 0 aliphatic carbocycles. The summed E-state index contributed by atoms with van der Waals surface area (Å²) in [6.07, 6.45) is 4.20. The number of amides is 1. The minimum absolute atomic E-state index is 0.210. The van der Waals surface area contributed by atoms with Gasteiger partial charge in [-0.1, -0.05) is 0 Å². The maximum absolute atomic E-state index is 13.0. The lowest BCUT2D eigenvalue weighted by molar-refractivity contribution is 0.102. The summed E-state index contributed by atoms with van der Waals surface area (Å²) in [7, 11) is 0. The van der Waals surface area contributed by atoms with E-state index in [1.165, 1.54) is 18.7 Å². The number of anilines is 1. The van der Waals surface area contributed by atoms with Gasteiger partial charge in [-0.15, -0.1) is 0 Å². The van der Waals surface area contributed by atoms with E-state index in [0.717, 1.165) is 11.6 Å². The average Bonchev–Trinajstić information content (AvgIpc) is 3.02. The number of hydrogen-bond donors (Lipinski definition) is 1. The van der Waals surface area contributed by atoms with Crippen molar-refractivity contribution in [3.05, 3.63) is 66.7 Å². The Morgan fingerprint density at radius 2 is 2.00 bits per heavy atom. The van der Waals surface area contributed by atoms with Crippen molar-refractivity contribution in [1.29, 1.82) is 0 Å². The predicted molar refractivity (Wildman–Crippen MR) is 74.1 cm³/mol. The largest absolute Gasteiger partial charge is 0.444 e. The molecule has 0 atom stereocenters. The molecule has 0 saturated carbocycles. The van der Waals surface area contributed by atoms with E-state index >= 15 is 0 Å². The number of rotatable bonds is 3. The fourth-order valence-corrected chi connectivity index (χ4v) is 1.82. The van der Waals surface area contributed by atoms with Crippen LogP contribution in [-0.4, -0.2) is 15.9 Å². The van der Waals surface area contributed by atoms with Gasteiger partial charge in [-0.3, -0.25) is 4.79 Å². The summed E-state index contributed by atoms with van der Waals surface area (Å²) in [5, 5.41) is 2.68. The highest BCUT2D eigenvalue weighted by Gasteiger charge is 2.08. The molecule has 21 heavy (non-hydrogen) atoms. The number of nitrogens with zero attached hydrogens (tertiary/aromatic N) is 2. The van der Waals surface area contributed by atoms with Crippen LogP contribution in [0.2, 0.25) is 0 Å². The van der Waals surface area contributed by atoms with Crippen LogP contribution in [-0.2, 0) is 0 Å². The summed E-state index contributed by atoms with van der Waals surface area (Å²) in [6, 6.07) is 9.58. The molecule has 0 aliphatic rings. The van der Waals surface area contributed by atoms with Crippen LogP contribution in [0.3, 0.4) is 0 Å². The van der Waals surface area contributed by atoms with Crippen molar-refractivity contribution in [3.8, 4) is 11.3 Å². The van der Waals surface area contributed by atoms with Crippen LogP contribution < -0.4 is 5.32 Å². The molecule has 0 saturated heterocycles. The Kier molecular flexibility index (Phi) is 3.42. The number of hydrogen-bond acceptors (Lipinski definition) is 4.